The maximum atomic E-state index is 13.2. The fraction of sp³-hybridized carbons (Fsp3) is 0.316. The van der Waals surface area contributed by atoms with Gasteiger partial charge in [-0.3, -0.25) is 4.79 Å². The van der Waals surface area contributed by atoms with Gasteiger partial charge in [0.1, 0.15) is 0 Å². The van der Waals surface area contributed by atoms with Gasteiger partial charge in [0.25, 0.3) is 5.91 Å². The van der Waals surface area contributed by atoms with Crippen LogP contribution in [0.3, 0.4) is 0 Å². The zero-order valence-electron chi connectivity index (χ0n) is 14.7. The Bertz CT molecular complexity index is 924. The quantitative estimate of drug-likeness (QED) is 0.726. The highest BCUT2D eigenvalue weighted by Gasteiger charge is 2.35. The number of carbonyl (C=O) groups is 1. The Morgan fingerprint density at radius 3 is 2.33 bits per heavy atom. The highest BCUT2D eigenvalue weighted by Crippen LogP contribution is 2.34. The van der Waals surface area contributed by atoms with E-state index in [0.717, 1.165) is 5.56 Å². The molecule has 1 heterocycles. The SMILES string of the molecule is COc1c(Cl)cc(C(=O)N(Cc2ccccc2)C2CCS(=O)(=O)C2)cc1Cl. The van der Waals surface area contributed by atoms with E-state index in [2.05, 4.69) is 0 Å². The van der Waals surface area contributed by atoms with E-state index in [0.29, 0.717) is 24.3 Å². The van der Waals surface area contributed by atoms with Crippen molar-refractivity contribution in [3.05, 3.63) is 63.6 Å². The summed E-state index contributed by atoms with van der Waals surface area (Å²) >= 11 is 12.3. The molecule has 1 amide bonds. The Balaban J connectivity index is 1.96. The van der Waals surface area contributed by atoms with Crippen LogP contribution in [-0.4, -0.2) is 43.9 Å². The lowest BCUT2D eigenvalue weighted by atomic mass is 10.1. The molecule has 0 radical (unpaired) electrons. The van der Waals surface area contributed by atoms with Crippen molar-refractivity contribution < 1.29 is 17.9 Å². The largest absolute Gasteiger partial charge is 0.494 e. The minimum Gasteiger partial charge on any atom is -0.494 e. The van der Waals surface area contributed by atoms with E-state index in [1.807, 2.05) is 30.3 Å². The second-order valence-corrected chi connectivity index (χ2v) is 9.49. The van der Waals surface area contributed by atoms with Crippen molar-refractivity contribution in [3.63, 3.8) is 0 Å². The molecular weight excluding hydrogens is 409 g/mol. The summed E-state index contributed by atoms with van der Waals surface area (Å²) in [5, 5.41) is 0.458. The number of hydrogen-bond donors (Lipinski definition) is 0. The van der Waals surface area contributed by atoms with Crippen molar-refractivity contribution in [1.82, 2.24) is 4.90 Å². The molecule has 0 spiro atoms. The molecule has 1 saturated heterocycles. The number of benzene rings is 2. The maximum Gasteiger partial charge on any atom is 0.254 e. The van der Waals surface area contributed by atoms with Crippen LogP contribution in [-0.2, 0) is 16.4 Å². The molecule has 27 heavy (non-hydrogen) atoms. The number of sulfone groups is 1. The van der Waals surface area contributed by atoms with Crippen LogP contribution in [0.15, 0.2) is 42.5 Å². The van der Waals surface area contributed by atoms with Gasteiger partial charge in [-0.2, -0.15) is 0 Å². The molecule has 1 aliphatic heterocycles. The Kier molecular flexibility index (Phi) is 5.99. The number of carbonyl (C=O) groups excluding carboxylic acids is 1. The topological polar surface area (TPSA) is 63.7 Å². The molecular formula is C19H19Cl2NO4S. The standard InChI is InChI=1S/C19H19Cl2NO4S/c1-26-18-16(20)9-14(10-17(18)21)19(23)22(11-13-5-3-2-4-6-13)15-7-8-27(24,25)12-15/h2-6,9-10,15H,7-8,11-12H2,1H3. The van der Waals surface area contributed by atoms with Crippen LogP contribution in [0.2, 0.25) is 10.0 Å². The summed E-state index contributed by atoms with van der Waals surface area (Å²) in [6.07, 6.45) is 0.415. The number of methoxy groups -OCH3 is 1. The van der Waals surface area contributed by atoms with Crippen molar-refractivity contribution >= 4 is 38.9 Å². The van der Waals surface area contributed by atoms with Crippen LogP contribution < -0.4 is 4.74 Å². The second kappa shape index (κ2) is 8.09. The molecule has 1 aliphatic rings. The van der Waals surface area contributed by atoms with Crippen LogP contribution in [0.1, 0.15) is 22.3 Å². The average Bonchev–Trinajstić information content (AvgIpc) is 2.99. The normalized spacial score (nSPS) is 18.3. The Labute approximate surface area is 168 Å². The van der Waals surface area contributed by atoms with Crippen LogP contribution in [0.4, 0.5) is 0 Å². The van der Waals surface area contributed by atoms with Gasteiger partial charge in [-0.05, 0) is 24.1 Å². The average molecular weight is 428 g/mol. The smallest absolute Gasteiger partial charge is 0.254 e. The van der Waals surface area contributed by atoms with E-state index in [9.17, 15) is 13.2 Å². The van der Waals surface area contributed by atoms with Gasteiger partial charge in [0.05, 0.1) is 28.7 Å². The monoisotopic (exact) mass is 427 g/mol. The van der Waals surface area contributed by atoms with E-state index >= 15 is 0 Å². The maximum absolute atomic E-state index is 13.2. The van der Waals surface area contributed by atoms with Crippen LogP contribution in [0.5, 0.6) is 5.75 Å². The Morgan fingerprint density at radius 1 is 1.19 bits per heavy atom. The predicted octanol–water partition coefficient (Wildman–Crippen LogP) is 3.83. The van der Waals surface area contributed by atoms with Crippen molar-refractivity contribution in [2.24, 2.45) is 0 Å². The first kappa shape index (κ1) is 20.0. The van der Waals surface area contributed by atoms with Crippen LogP contribution in [0, 0.1) is 0 Å². The number of amides is 1. The van der Waals surface area contributed by atoms with Gasteiger partial charge >= 0.3 is 0 Å². The molecule has 8 heteroatoms. The first-order valence-corrected chi connectivity index (χ1v) is 11.0. The third-order valence-electron chi connectivity index (χ3n) is 4.56. The summed E-state index contributed by atoms with van der Waals surface area (Å²) in [6.45, 7) is 0.307. The van der Waals surface area contributed by atoms with Crippen molar-refractivity contribution in [2.75, 3.05) is 18.6 Å². The van der Waals surface area contributed by atoms with E-state index in [4.69, 9.17) is 27.9 Å². The zero-order valence-corrected chi connectivity index (χ0v) is 17.0. The summed E-state index contributed by atoms with van der Waals surface area (Å²) in [6, 6.07) is 12.1. The third-order valence-corrected chi connectivity index (χ3v) is 6.87. The fourth-order valence-electron chi connectivity index (χ4n) is 3.21. The number of ether oxygens (including phenoxy) is 1. The molecule has 3 rings (SSSR count). The fourth-order valence-corrected chi connectivity index (χ4v) is 5.58. The predicted molar refractivity (Wildman–Crippen MR) is 106 cm³/mol. The molecule has 1 unspecified atom stereocenters. The second-order valence-electron chi connectivity index (χ2n) is 6.45. The summed E-state index contributed by atoms with van der Waals surface area (Å²) in [5.41, 5.74) is 1.21. The van der Waals surface area contributed by atoms with Gasteiger partial charge in [-0.1, -0.05) is 53.5 Å². The molecule has 2 aromatic rings. The highest BCUT2D eigenvalue weighted by atomic mass is 35.5. The van der Waals surface area contributed by atoms with E-state index in [1.165, 1.54) is 19.2 Å². The number of rotatable bonds is 5. The minimum absolute atomic E-state index is 0.0385. The molecule has 1 atom stereocenters. The number of hydrogen-bond acceptors (Lipinski definition) is 4. The molecule has 0 aromatic heterocycles. The van der Waals surface area contributed by atoms with Gasteiger partial charge in [-0.15, -0.1) is 0 Å². The summed E-state index contributed by atoms with van der Waals surface area (Å²) < 4.78 is 29.0. The molecule has 0 aliphatic carbocycles. The molecule has 2 aromatic carbocycles. The Hall–Kier alpha value is -1.76. The summed E-state index contributed by atoms with van der Waals surface area (Å²) in [4.78, 5) is 14.8. The lowest BCUT2D eigenvalue weighted by Crippen LogP contribution is -2.40. The lowest BCUT2D eigenvalue weighted by molar-refractivity contribution is 0.0681. The lowest BCUT2D eigenvalue weighted by Gasteiger charge is -2.29. The van der Waals surface area contributed by atoms with E-state index in [-0.39, 0.29) is 33.5 Å². The van der Waals surface area contributed by atoms with E-state index < -0.39 is 9.84 Å². The van der Waals surface area contributed by atoms with Gasteiger partial charge in [0, 0.05) is 18.2 Å². The van der Waals surface area contributed by atoms with Crippen molar-refractivity contribution in [2.45, 2.75) is 19.0 Å². The molecule has 144 valence electrons. The van der Waals surface area contributed by atoms with Gasteiger partial charge in [0.15, 0.2) is 15.6 Å². The van der Waals surface area contributed by atoms with E-state index in [1.54, 1.807) is 4.90 Å². The molecule has 0 bridgehead atoms. The number of halogens is 2. The molecule has 1 fully saturated rings. The minimum atomic E-state index is -3.14. The third kappa shape index (κ3) is 4.57. The van der Waals surface area contributed by atoms with Crippen LogP contribution >= 0.6 is 23.2 Å². The number of nitrogens with zero attached hydrogens (tertiary/aromatic N) is 1. The van der Waals surface area contributed by atoms with Gasteiger partial charge < -0.3 is 9.64 Å². The zero-order chi connectivity index (χ0) is 19.6. The van der Waals surface area contributed by atoms with Crippen molar-refractivity contribution in [3.8, 4) is 5.75 Å². The summed E-state index contributed by atoms with van der Waals surface area (Å²) in [5.74, 6) is 0.0316. The first-order valence-electron chi connectivity index (χ1n) is 8.39. The molecule has 0 N–H and O–H groups in total. The van der Waals surface area contributed by atoms with Crippen LogP contribution in [0.25, 0.3) is 0 Å². The summed E-state index contributed by atoms with van der Waals surface area (Å²) in [7, 11) is -1.70. The Morgan fingerprint density at radius 2 is 1.81 bits per heavy atom. The highest BCUT2D eigenvalue weighted by molar-refractivity contribution is 7.91. The van der Waals surface area contributed by atoms with Gasteiger partial charge in [0.2, 0.25) is 0 Å². The van der Waals surface area contributed by atoms with Crippen molar-refractivity contribution in [1.29, 1.82) is 0 Å². The van der Waals surface area contributed by atoms with Gasteiger partial charge in [-0.25, -0.2) is 8.42 Å². The first-order chi connectivity index (χ1) is 12.8. The molecule has 5 nitrogen and oxygen atoms in total. The molecule has 0 saturated carbocycles.